The van der Waals surface area contributed by atoms with Crippen LogP contribution in [-0.2, 0) is 24.2 Å². The van der Waals surface area contributed by atoms with Gasteiger partial charge in [-0.2, -0.15) is 0 Å². The van der Waals surface area contributed by atoms with Crippen molar-refractivity contribution in [3.8, 4) is 11.4 Å². The quantitative estimate of drug-likeness (QED) is 0.851. The molecular weight excluding hydrogens is 256 g/mol. The summed E-state index contributed by atoms with van der Waals surface area (Å²) in [7, 11) is 0. The van der Waals surface area contributed by atoms with Crippen LogP contribution in [0.25, 0.3) is 11.4 Å². The van der Waals surface area contributed by atoms with Gasteiger partial charge in [0.2, 0.25) is 0 Å². The molecule has 0 saturated carbocycles. The summed E-state index contributed by atoms with van der Waals surface area (Å²) in [5, 5.41) is 0. The summed E-state index contributed by atoms with van der Waals surface area (Å²) in [6.45, 7) is 3.48. The Kier molecular flexibility index (Phi) is 3.44. The van der Waals surface area contributed by atoms with Gasteiger partial charge in [0.25, 0.3) is 0 Å². The van der Waals surface area contributed by atoms with Gasteiger partial charge in [-0.25, -0.2) is 4.98 Å². The van der Waals surface area contributed by atoms with Crippen molar-refractivity contribution in [3.05, 3.63) is 45.7 Å². The Morgan fingerprint density at radius 1 is 1.32 bits per heavy atom. The summed E-state index contributed by atoms with van der Waals surface area (Å²) in [5.74, 6) is 0.855. The average Bonchev–Trinajstić information content (AvgIpc) is 2.47. The lowest BCUT2D eigenvalue weighted by Gasteiger charge is -2.17. The van der Waals surface area contributed by atoms with E-state index in [1.54, 1.807) is 0 Å². The number of hydrogen-bond donors (Lipinski definition) is 1. The van der Waals surface area contributed by atoms with Crippen molar-refractivity contribution >= 4 is 12.2 Å². The molecule has 0 amide bonds. The van der Waals surface area contributed by atoms with E-state index in [0.717, 1.165) is 36.4 Å². The van der Waals surface area contributed by atoms with Crippen molar-refractivity contribution in [3.63, 3.8) is 0 Å². The minimum atomic E-state index is 0.576. The Bertz CT molecular complexity index is 646. The number of rotatable bonds is 2. The van der Waals surface area contributed by atoms with Crippen LogP contribution in [0.15, 0.2) is 24.3 Å². The molecule has 2 aromatic rings. The molecule has 0 spiro atoms. The molecule has 1 aromatic heterocycles. The summed E-state index contributed by atoms with van der Waals surface area (Å²) in [5.41, 5.74) is 4.61. The average molecular weight is 272 g/mol. The maximum absolute atomic E-state index is 5.43. The molecule has 3 nitrogen and oxygen atoms in total. The Balaban J connectivity index is 2.05. The number of nitrogens with one attached hydrogen (secondary N) is 1. The predicted octanol–water partition coefficient (Wildman–Crippen LogP) is 3.44. The Hall–Kier alpha value is -1.52. The highest BCUT2D eigenvalue weighted by Gasteiger charge is 2.14. The number of aromatic amines is 1. The largest absolute Gasteiger partial charge is 0.376 e. The van der Waals surface area contributed by atoms with Crippen LogP contribution < -0.4 is 0 Å². The van der Waals surface area contributed by atoms with E-state index in [0.29, 0.717) is 11.2 Å². The van der Waals surface area contributed by atoms with Gasteiger partial charge in [0, 0.05) is 23.2 Å². The monoisotopic (exact) mass is 272 g/mol. The number of ether oxygens (including phenoxy) is 1. The molecule has 0 unspecified atom stereocenters. The molecule has 0 aliphatic carbocycles. The molecule has 19 heavy (non-hydrogen) atoms. The Morgan fingerprint density at radius 3 is 2.84 bits per heavy atom. The van der Waals surface area contributed by atoms with Gasteiger partial charge in [-0.3, -0.25) is 0 Å². The van der Waals surface area contributed by atoms with E-state index in [4.69, 9.17) is 17.0 Å². The van der Waals surface area contributed by atoms with Crippen LogP contribution in [0, 0.1) is 4.64 Å². The first-order chi connectivity index (χ1) is 9.28. The van der Waals surface area contributed by atoms with Gasteiger partial charge >= 0.3 is 0 Å². The molecule has 4 heteroatoms. The number of hydrogen-bond acceptors (Lipinski definition) is 3. The van der Waals surface area contributed by atoms with Crippen LogP contribution in [0.1, 0.15) is 23.7 Å². The molecule has 1 aromatic carbocycles. The van der Waals surface area contributed by atoms with Gasteiger partial charge < -0.3 is 9.72 Å². The van der Waals surface area contributed by atoms with Gasteiger partial charge in [-0.15, -0.1) is 0 Å². The van der Waals surface area contributed by atoms with Gasteiger partial charge in [0.05, 0.1) is 13.2 Å². The summed E-state index contributed by atoms with van der Waals surface area (Å²) < 4.78 is 6.08. The predicted molar refractivity (Wildman–Crippen MR) is 77.6 cm³/mol. The highest BCUT2D eigenvalue weighted by molar-refractivity contribution is 7.71. The lowest BCUT2D eigenvalue weighted by molar-refractivity contribution is 0.108. The molecule has 0 radical (unpaired) electrons. The first-order valence-corrected chi connectivity index (χ1v) is 6.98. The second-order valence-corrected chi connectivity index (χ2v) is 5.09. The van der Waals surface area contributed by atoms with Crippen molar-refractivity contribution < 1.29 is 4.74 Å². The maximum atomic E-state index is 5.43. The zero-order valence-corrected chi connectivity index (χ0v) is 11.7. The molecule has 0 saturated heterocycles. The molecule has 3 rings (SSSR count). The van der Waals surface area contributed by atoms with E-state index in [-0.39, 0.29) is 0 Å². The number of H-pyrrole nitrogens is 1. The fourth-order valence-electron chi connectivity index (χ4n) is 2.29. The Morgan fingerprint density at radius 2 is 2.11 bits per heavy atom. The third-order valence-corrected chi connectivity index (χ3v) is 3.82. The second kappa shape index (κ2) is 5.23. The van der Waals surface area contributed by atoms with Crippen LogP contribution in [0.2, 0.25) is 0 Å². The first kappa shape index (κ1) is 12.5. The smallest absolute Gasteiger partial charge is 0.139 e. The standard InChI is InChI=1S/C15H16N2OS/c1-2-10-3-5-11(6-4-10)14-16-13-7-8-18-9-12(13)15(19)17-14/h3-6H,2,7-9H2,1H3,(H,16,17,19). The van der Waals surface area contributed by atoms with Gasteiger partial charge in [0.1, 0.15) is 10.5 Å². The number of fused-ring (bicyclic) bond motifs is 1. The van der Waals surface area contributed by atoms with Crippen LogP contribution in [0.3, 0.4) is 0 Å². The molecule has 98 valence electrons. The number of aromatic nitrogens is 2. The summed E-state index contributed by atoms with van der Waals surface area (Å²) in [6, 6.07) is 8.46. The third-order valence-electron chi connectivity index (χ3n) is 3.48. The first-order valence-electron chi connectivity index (χ1n) is 6.57. The molecule has 2 heterocycles. The molecule has 0 bridgehead atoms. The lowest BCUT2D eigenvalue weighted by atomic mass is 10.1. The highest BCUT2D eigenvalue weighted by atomic mass is 32.1. The van der Waals surface area contributed by atoms with Crippen LogP contribution in [0.4, 0.5) is 0 Å². The number of aryl methyl sites for hydroxylation is 1. The second-order valence-electron chi connectivity index (χ2n) is 4.70. The van der Waals surface area contributed by atoms with E-state index in [9.17, 15) is 0 Å². The van der Waals surface area contributed by atoms with Gasteiger partial charge in [0.15, 0.2) is 0 Å². The van der Waals surface area contributed by atoms with E-state index in [1.807, 2.05) is 0 Å². The highest BCUT2D eigenvalue weighted by Crippen LogP contribution is 2.21. The fourth-order valence-corrected chi connectivity index (χ4v) is 2.56. The minimum absolute atomic E-state index is 0.576. The van der Waals surface area contributed by atoms with E-state index >= 15 is 0 Å². The zero-order chi connectivity index (χ0) is 13.2. The lowest BCUT2D eigenvalue weighted by Crippen LogP contribution is -2.14. The number of benzene rings is 1. The third kappa shape index (κ3) is 2.46. The fraction of sp³-hybridized carbons (Fsp3) is 0.333. The van der Waals surface area contributed by atoms with Gasteiger partial charge in [-0.1, -0.05) is 43.4 Å². The van der Waals surface area contributed by atoms with Crippen molar-refractivity contribution in [2.45, 2.75) is 26.4 Å². The van der Waals surface area contributed by atoms with Crippen LogP contribution >= 0.6 is 12.2 Å². The summed E-state index contributed by atoms with van der Waals surface area (Å²) >= 11 is 5.36. The minimum Gasteiger partial charge on any atom is -0.376 e. The molecule has 0 atom stereocenters. The van der Waals surface area contributed by atoms with Crippen molar-refractivity contribution in [2.75, 3.05) is 6.61 Å². The van der Waals surface area contributed by atoms with Crippen molar-refractivity contribution in [1.82, 2.24) is 9.97 Å². The summed E-state index contributed by atoms with van der Waals surface area (Å²) in [4.78, 5) is 7.89. The maximum Gasteiger partial charge on any atom is 0.139 e. The van der Waals surface area contributed by atoms with Crippen molar-refractivity contribution in [1.29, 1.82) is 0 Å². The van der Waals surface area contributed by atoms with Crippen molar-refractivity contribution in [2.24, 2.45) is 0 Å². The molecule has 1 aliphatic rings. The van der Waals surface area contributed by atoms with Crippen LogP contribution in [-0.4, -0.2) is 16.6 Å². The normalized spacial score (nSPS) is 14.2. The van der Waals surface area contributed by atoms with Gasteiger partial charge in [-0.05, 0) is 12.0 Å². The molecule has 1 aliphatic heterocycles. The zero-order valence-electron chi connectivity index (χ0n) is 10.9. The molecule has 1 N–H and O–H groups in total. The van der Waals surface area contributed by atoms with E-state index in [2.05, 4.69) is 41.2 Å². The SMILES string of the molecule is CCc1ccc(-c2nc(=S)c3c([nH]2)CCOC3)cc1. The topological polar surface area (TPSA) is 37.9 Å². The number of nitrogens with zero attached hydrogens (tertiary/aromatic N) is 1. The van der Waals surface area contributed by atoms with E-state index in [1.165, 1.54) is 11.3 Å². The van der Waals surface area contributed by atoms with E-state index < -0.39 is 0 Å². The molecular formula is C15H16N2OS. The Labute approximate surface area is 117 Å². The van der Waals surface area contributed by atoms with Crippen LogP contribution in [0.5, 0.6) is 0 Å². The summed E-state index contributed by atoms with van der Waals surface area (Å²) in [6.07, 6.45) is 1.92. The molecule has 0 fully saturated rings.